The van der Waals surface area contributed by atoms with Gasteiger partial charge in [-0.3, -0.25) is 9.59 Å². The van der Waals surface area contributed by atoms with Gasteiger partial charge in [0.15, 0.2) is 0 Å². The molecule has 1 saturated heterocycles. The number of thioether (sulfide) groups is 1. The smallest absolute Gasteiger partial charge is 0.255 e. The molecule has 6 heteroatoms. The number of nitrogens with zero attached hydrogens (tertiary/aromatic N) is 1. The molecule has 1 aliphatic rings. The van der Waals surface area contributed by atoms with E-state index in [1.807, 2.05) is 25.1 Å². The number of carbonyl (C=O) groups excluding carboxylic acids is 2. The van der Waals surface area contributed by atoms with Crippen molar-refractivity contribution in [3.8, 4) is 0 Å². The van der Waals surface area contributed by atoms with Crippen LogP contribution < -0.4 is 5.32 Å². The summed E-state index contributed by atoms with van der Waals surface area (Å²) in [5.41, 5.74) is 2.20. The fourth-order valence-corrected chi connectivity index (χ4v) is 4.73. The molecule has 1 heterocycles. The second-order valence-corrected chi connectivity index (χ2v) is 8.10. The van der Waals surface area contributed by atoms with Crippen molar-refractivity contribution in [2.45, 2.75) is 38.1 Å². The first kappa shape index (κ1) is 20.4. The van der Waals surface area contributed by atoms with Crippen molar-refractivity contribution >= 4 is 23.6 Å². The van der Waals surface area contributed by atoms with E-state index in [2.05, 4.69) is 12.2 Å². The van der Waals surface area contributed by atoms with E-state index in [-0.39, 0.29) is 17.6 Å². The number of benzene rings is 2. The van der Waals surface area contributed by atoms with E-state index in [1.165, 1.54) is 23.9 Å². The lowest BCUT2D eigenvalue weighted by molar-refractivity contribution is -0.124. The van der Waals surface area contributed by atoms with Crippen LogP contribution in [0.2, 0.25) is 0 Å². The minimum absolute atomic E-state index is 0.152. The van der Waals surface area contributed by atoms with Crippen LogP contribution >= 0.6 is 11.8 Å². The highest BCUT2D eigenvalue weighted by Crippen LogP contribution is 2.42. The third-order valence-electron chi connectivity index (χ3n) is 4.77. The van der Waals surface area contributed by atoms with Crippen molar-refractivity contribution in [2.75, 3.05) is 12.3 Å². The Bertz CT molecular complexity index is 858. The summed E-state index contributed by atoms with van der Waals surface area (Å²) in [6.45, 7) is 4.58. The summed E-state index contributed by atoms with van der Waals surface area (Å²) in [5.74, 6) is -0.229. The zero-order chi connectivity index (χ0) is 20.1. The van der Waals surface area contributed by atoms with Crippen LogP contribution in [0.1, 0.15) is 46.6 Å². The molecule has 0 radical (unpaired) electrons. The lowest BCUT2D eigenvalue weighted by atomic mass is 10.1. The predicted octanol–water partition coefficient (Wildman–Crippen LogP) is 4.31. The van der Waals surface area contributed by atoms with Gasteiger partial charge in [-0.15, -0.1) is 11.8 Å². The molecule has 0 aliphatic carbocycles. The molecule has 148 valence electrons. The van der Waals surface area contributed by atoms with Crippen LogP contribution in [-0.4, -0.2) is 35.1 Å². The number of rotatable bonds is 6. The number of halogens is 1. The van der Waals surface area contributed by atoms with Gasteiger partial charge in [-0.05, 0) is 43.2 Å². The molecule has 2 aromatic rings. The molecule has 2 aromatic carbocycles. The summed E-state index contributed by atoms with van der Waals surface area (Å²) < 4.78 is 13.8. The Morgan fingerprint density at radius 1 is 1.21 bits per heavy atom. The number of hydrogen-bond donors (Lipinski definition) is 1. The van der Waals surface area contributed by atoms with E-state index in [0.717, 1.165) is 18.4 Å². The Morgan fingerprint density at radius 3 is 2.71 bits per heavy atom. The zero-order valence-corrected chi connectivity index (χ0v) is 17.0. The summed E-state index contributed by atoms with van der Waals surface area (Å²) >= 11 is 1.49. The second-order valence-electron chi connectivity index (χ2n) is 6.98. The van der Waals surface area contributed by atoms with Crippen LogP contribution in [0.25, 0.3) is 0 Å². The van der Waals surface area contributed by atoms with E-state index >= 15 is 0 Å². The summed E-state index contributed by atoms with van der Waals surface area (Å²) in [5, 5.41) is 2.54. The monoisotopic (exact) mass is 400 g/mol. The molecule has 0 bridgehead atoms. The number of hydrogen-bond acceptors (Lipinski definition) is 3. The Hall–Kier alpha value is -2.34. The largest absolute Gasteiger partial charge is 0.354 e. The van der Waals surface area contributed by atoms with Crippen molar-refractivity contribution in [2.24, 2.45) is 0 Å². The fourth-order valence-electron chi connectivity index (χ4n) is 3.31. The van der Waals surface area contributed by atoms with Crippen LogP contribution in [0.4, 0.5) is 4.39 Å². The predicted molar refractivity (Wildman–Crippen MR) is 111 cm³/mol. The highest BCUT2D eigenvalue weighted by atomic mass is 32.2. The quantitative estimate of drug-likeness (QED) is 0.735. The van der Waals surface area contributed by atoms with Crippen molar-refractivity contribution in [1.82, 2.24) is 10.2 Å². The van der Waals surface area contributed by atoms with Gasteiger partial charge in [0.1, 0.15) is 17.2 Å². The summed E-state index contributed by atoms with van der Waals surface area (Å²) in [7, 11) is 0. The molecule has 0 unspecified atom stereocenters. The highest BCUT2D eigenvalue weighted by Gasteiger charge is 2.42. The van der Waals surface area contributed by atoms with Crippen LogP contribution in [0, 0.1) is 12.7 Å². The number of unbranched alkanes of at least 4 members (excludes halogenated alkanes) is 1. The van der Waals surface area contributed by atoms with Crippen molar-refractivity contribution in [1.29, 1.82) is 0 Å². The Labute approximate surface area is 169 Å². The first-order chi connectivity index (χ1) is 13.5. The average Bonchev–Trinajstić information content (AvgIpc) is 3.12. The molecular weight excluding hydrogens is 375 g/mol. The molecule has 2 amide bonds. The van der Waals surface area contributed by atoms with Gasteiger partial charge < -0.3 is 10.2 Å². The first-order valence-electron chi connectivity index (χ1n) is 9.55. The molecule has 3 rings (SSSR count). The van der Waals surface area contributed by atoms with Crippen LogP contribution in [0.3, 0.4) is 0 Å². The second kappa shape index (κ2) is 9.24. The van der Waals surface area contributed by atoms with E-state index in [0.29, 0.717) is 23.4 Å². The molecule has 0 saturated carbocycles. The maximum atomic E-state index is 13.8. The van der Waals surface area contributed by atoms with E-state index in [4.69, 9.17) is 0 Å². The molecule has 4 nitrogen and oxygen atoms in total. The van der Waals surface area contributed by atoms with E-state index in [9.17, 15) is 14.0 Å². The zero-order valence-electron chi connectivity index (χ0n) is 16.2. The van der Waals surface area contributed by atoms with Gasteiger partial charge in [0.05, 0.1) is 0 Å². The van der Waals surface area contributed by atoms with E-state index in [1.54, 1.807) is 23.1 Å². The Balaban J connectivity index is 1.92. The number of nitrogens with one attached hydrogen (secondary N) is 1. The SMILES string of the molecule is CCCCNC(=O)[C@@H]1CS[C@@H](c2cccc(F)c2)N1C(=O)c1cccc(C)c1. The molecule has 0 aromatic heterocycles. The minimum Gasteiger partial charge on any atom is -0.354 e. The van der Waals surface area contributed by atoms with Gasteiger partial charge in [-0.1, -0.05) is 43.2 Å². The van der Waals surface area contributed by atoms with Gasteiger partial charge >= 0.3 is 0 Å². The molecule has 1 aliphatic heterocycles. The fraction of sp³-hybridized carbons (Fsp3) is 0.364. The van der Waals surface area contributed by atoms with Crippen molar-refractivity contribution in [3.05, 3.63) is 71.0 Å². The van der Waals surface area contributed by atoms with Gasteiger partial charge in [0.2, 0.25) is 5.91 Å². The average molecular weight is 401 g/mol. The maximum absolute atomic E-state index is 13.8. The standard InChI is InChI=1S/C22H25FN2O2S/c1-3-4-11-24-20(26)19-14-28-22(17-9-6-10-18(23)13-17)25(19)21(27)16-8-5-7-15(2)12-16/h5-10,12-13,19,22H,3-4,11,14H2,1-2H3,(H,24,26)/t19-,22-/m0/s1. The summed E-state index contributed by atoms with van der Waals surface area (Å²) in [6.07, 6.45) is 1.88. The number of amides is 2. The van der Waals surface area contributed by atoms with Gasteiger partial charge in [0.25, 0.3) is 5.91 Å². The molecule has 0 spiro atoms. The van der Waals surface area contributed by atoms with E-state index < -0.39 is 11.4 Å². The topological polar surface area (TPSA) is 49.4 Å². The Kier molecular flexibility index (Phi) is 6.73. The lowest BCUT2D eigenvalue weighted by Crippen LogP contribution is -2.48. The summed E-state index contributed by atoms with van der Waals surface area (Å²) in [6, 6.07) is 13.0. The molecular formula is C22H25FN2O2S. The third kappa shape index (κ3) is 4.55. The van der Waals surface area contributed by atoms with Crippen LogP contribution in [-0.2, 0) is 4.79 Å². The maximum Gasteiger partial charge on any atom is 0.255 e. The molecule has 1 N–H and O–H groups in total. The van der Waals surface area contributed by atoms with Crippen molar-refractivity contribution in [3.63, 3.8) is 0 Å². The first-order valence-corrected chi connectivity index (χ1v) is 10.6. The van der Waals surface area contributed by atoms with Crippen molar-refractivity contribution < 1.29 is 14.0 Å². The van der Waals surface area contributed by atoms with Crippen LogP contribution in [0.15, 0.2) is 48.5 Å². The van der Waals surface area contributed by atoms with Crippen LogP contribution in [0.5, 0.6) is 0 Å². The van der Waals surface area contributed by atoms with Gasteiger partial charge in [-0.2, -0.15) is 0 Å². The van der Waals surface area contributed by atoms with Gasteiger partial charge in [0, 0.05) is 17.9 Å². The highest BCUT2D eigenvalue weighted by molar-refractivity contribution is 7.99. The normalized spacial score (nSPS) is 18.9. The number of aryl methyl sites for hydroxylation is 1. The minimum atomic E-state index is -0.580. The third-order valence-corrected chi connectivity index (χ3v) is 6.09. The summed E-state index contributed by atoms with van der Waals surface area (Å²) in [4.78, 5) is 27.7. The molecule has 2 atom stereocenters. The van der Waals surface area contributed by atoms with Gasteiger partial charge in [-0.25, -0.2) is 4.39 Å². The molecule has 1 fully saturated rings. The molecule has 28 heavy (non-hydrogen) atoms. The lowest BCUT2D eigenvalue weighted by Gasteiger charge is -2.29. The number of carbonyl (C=O) groups is 2. The Morgan fingerprint density at radius 2 is 2.00 bits per heavy atom.